The Morgan fingerprint density at radius 3 is 2.80 bits per heavy atom. The molecule has 0 spiro atoms. The fraction of sp³-hybridized carbons (Fsp3) is 0.0667. The summed E-state index contributed by atoms with van der Waals surface area (Å²) in [5.41, 5.74) is 10.2. The van der Waals surface area contributed by atoms with Gasteiger partial charge in [0.15, 0.2) is 5.84 Å². The smallest absolute Gasteiger partial charge is 0.172 e. The van der Waals surface area contributed by atoms with Gasteiger partial charge in [0.1, 0.15) is 6.33 Å². The van der Waals surface area contributed by atoms with Crippen molar-refractivity contribution in [3.8, 4) is 5.69 Å². The van der Waals surface area contributed by atoms with Crippen LogP contribution in [0.2, 0.25) is 0 Å². The molecule has 0 atom stereocenters. The van der Waals surface area contributed by atoms with Gasteiger partial charge in [-0.1, -0.05) is 29.4 Å². The predicted molar refractivity (Wildman–Crippen MR) is 78.3 cm³/mol. The molecule has 3 aromatic rings. The molecule has 0 aliphatic heterocycles. The molecule has 0 bridgehead atoms. The van der Waals surface area contributed by atoms with E-state index < -0.39 is 0 Å². The molecule has 0 fully saturated rings. The van der Waals surface area contributed by atoms with Gasteiger partial charge >= 0.3 is 0 Å². The van der Waals surface area contributed by atoms with E-state index in [4.69, 9.17) is 10.9 Å². The highest BCUT2D eigenvalue weighted by Gasteiger charge is 2.13. The van der Waals surface area contributed by atoms with Gasteiger partial charge in [-0.05, 0) is 30.7 Å². The molecule has 0 radical (unpaired) electrons. The number of amidine groups is 1. The fourth-order valence-corrected chi connectivity index (χ4v) is 2.38. The number of hydrogen-bond acceptors (Lipinski definition) is 3. The van der Waals surface area contributed by atoms with Crippen molar-refractivity contribution in [3.05, 3.63) is 59.9 Å². The number of nitrogens with zero attached hydrogens (tertiary/aromatic N) is 3. The molecular weight excluding hydrogens is 252 g/mol. The van der Waals surface area contributed by atoms with Gasteiger partial charge in [-0.25, -0.2) is 4.98 Å². The maximum atomic E-state index is 8.95. The average molecular weight is 266 g/mol. The molecule has 1 aromatic heterocycles. The van der Waals surface area contributed by atoms with Gasteiger partial charge in [0, 0.05) is 5.56 Å². The van der Waals surface area contributed by atoms with Crippen molar-refractivity contribution in [1.29, 1.82) is 0 Å². The molecule has 1 heterocycles. The zero-order chi connectivity index (χ0) is 14.1. The second kappa shape index (κ2) is 4.70. The highest BCUT2D eigenvalue weighted by molar-refractivity contribution is 6.01. The summed E-state index contributed by atoms with van der Waals surface area (Å²) >= 11 is 0. The van der Waals surface area contributed by atoms with Crippen LogP contribution in [0.4, 0.5) is 0 Å². The van der Waals surface area contributed by atoms with Gasteiger partial charge in [0.05, 0.1) is 16.7 Å². The number of aromatic nitrogens is 2. The van der Waals surface area contributed by atoms with Gasteiger partial charge < -0.3 is 10.9 Å². The van der Waals surface area contributed by atoms with E-state index in [-0.39, 0.29) is 5.84 Å². The monoisotopic (exact) mass is 266 g/mol. The SMILES string of the molecule is Cc1cccc(/C(N)=N/O)c1-n1cnc2ccccc21. The molecule has 0 unspecified atom stereocenters. The quantitative estimate of drug-likeness (QED) is 0.324. The van der Waals surface area contributed by atoms with Gasteiger partial charge in [-0.2, -0.15) is 0 Å². The maximum absolute atomic E-state index is 8.95. The maximum Gasteiger partial charge on any atom is 0.172 e. The lowest BCUT2D eigenvalue weighted by molar-refractivity contribution is 0.318. The molecule has 5 nitrogen and oxygen atoms in total. The van der Waals surface area contributed by atoms with Crippen LogP contribution in [0.1, 0.15) is 11.1 Å². The first-order valence-corrected chi connectivity index (χ1v) is 6.22. The lowest BCUT2D eigenvalue weighted by atomic mass is 10.1. The highest BCUT2D eigenvalue weighted by Crippen LogP contribution is 2.24. The first kappa shape index (κ1) is 12.2. The van der Waals surface area contributed by atoms with Crippen molar-refractivity contribution < 1.29 is 5.21 Å². The molecule has 3 rings (SSSR count). The summed E-state index contributed by atoms with van der Waals surface area (Å²) in [7, 11) is 0. The minimum Gasteiger partial charge on any atom is -0.409 e. The Hall–Kier alpha value is -2.82. The Morgan fingerprint density at radius 1 is 1.20 bits per heavy atom. The van der Waals surface area contributed by atoms with E-state index in [0.717, 1.165) is 22.3 Å². The van der Waals surface area contributed by atoms with Crippen LogP contribution in [-0.2, 0) is 0 Å². The topological polar surface area (TPSA) is 76.4 Å². The first-order valence-electron chi connectivity index (χ1n) is 6.22. The summed E-state index contributed by atoms with van der Waals surface area (Å²) < 4.78 is 1.96. The van der Waals surface area contributed by atoms with Gasteiger partial charge in [0.2, 0.25) is 0 Å². The molecule has 20 heavy (non-hydrogen) atoms. The van der Waals surface area contributed by atoms with E-state index in [9.17, 15) is 0 Å². The van der Waals surface area contributed by atoms with Crippen LogP contribution in [0.15, 0.2) is 53.9 Å². The third-order valence-electron chi connectivity index (χ3n) is 3.32. The number of oxime groups is 1. The fourth-order valence-electron chi connectivity index (χ4n) is 2.38. The van der Waals surface area contributed by atoms with E-state index >= 15 is 0 Å². The van der Waals surface area contributed by atoms with Gasteiger partial charge in [-0.15, -0.1) is 0 Å². The third-order valence-corrected chi connectivity index (χ3v) is 3.32. The van der Waals surface area contributed by atoms with E-state index in [1.54, 1.807) is 6.33 Å². The molecule has 0 aliphatic carbocycles. The third kappa shape index (κ3) is 1.80. The number of benzene rings is 2. The number of fused-ring (bicyclic) bond motifs is 1. The van der Waals surface area contributed by atoms with Crippen molar-refractivity contribution in [2.45, 2.75) is 6.92 Å². The number of aryl methyl sites for hydroxylation is 1. The Kier molecular flexibility index (Phi) is 2.87. The van der Waals surface area contributed by atoms with E-state index in [0.29, 0.717) is 5.56 Å². The number of rotatable bonds is 2. The largest absolute Gasteiger partial charge is 0.409 e. The summed E-state index contributed by atoms with van der Waals surface area (Å²) in [6, 6.07) is 13.5. The van der Waals surface area contributed by atoms with E-state index in [2.05, 4.69) is 10.1 Å². The number of imidazole rings is 1. The molecule has 2 aromatic carbocycles. The van der Waals surface area contributed by atoms with Crippen molar-refractivity contribution in [1.82, 2.24) is 9.55 Å². The normalized spacial score (nSPS) is 11.9. The molecule has 0 saturated heterocycles. The second-order valence-corrected chi connectivity index (χ2v) is 4.56. The van der Waals surface area contributed by atoms with Crippen LogP contribution in [0.25, 0.3) is 16.7 Å². The van der Waals surface area contributed by atoms with Crippen LogP contribution >= 0.6 is 0 Å². The van der Waals surface area contributed by atoms with Crippen LogP contribution < -0.4 is 5.73 Å². The minimum atomic E-state index is 0.0847. The van der Waals surface area contributed by atoms with Crippen molar-refractivity contribution >= 4 is 16.9 Å². The lowest BCUT2D eigenvalue weighted by Gasteiger charge is -2.13. The molecule has 5 heteroatoms. The zero-order valence-electron chi connectivity index (χ0n) is 11.0. The molecule has 0 saturated carbocycles. The standard InChI is InChI=1S/C15H14N4O/c1-10-5-4-6-11(15(16)18-20)14(10)19-9-17-12-7-2-3-8-13(12)19/h2-9,20H,1H3,(H2,16,18). The van der Waals surface area contributed by atoms with Gasteiger partial charge in [-0.3, -0.25) is 4.57 Å². The predicted octanol–water partition coefficient (Wildman–Crippen LogP) is 2.43. The Morgan fingerprint density at radius 2 is 2.00 bits per heavy atom. The zero-order valence-corrected chi connectivity index (χ0v) is 11.0. The van der Waals surface area contributed by atoms with Crippen LogP contribution in [-0.4, -0.2) is 20.6 Å². The number of para-hydroxylation sites is 3. The summed E-state index contributed by atoms with van der Waals surface area (Å²) in [5, 5.41) is 12.1. The molecule has 0 aliphatic rings. The summed E-state index contributed by atoms with van der Waals surface area (Å²) in [6.07, 6.45) is 1.75. The lowest BCUT2D eigenvalue weighted by Crippen LogP contribution is -2.17. The Labute approximate surface area is 116 Å². The first-order chi connectivity index (χ1) is 9.72. The average Bonchev–Trinajstić information content (AvgIpc) is 2.90. The number of nitrogens with two attached hydrogens (primary N) is 1. The second-order valence-electron chi connectivity index (χ2n) is 4.56. The summed E-state index contributed by atoms with van der Waals surface area (Å²) in [4.78, 5) is 4.38. The molecule has 0 amide bonds. The summed E-state index contributed by atoms with van der Waals surface area (Å²) in [5.74, 6) is 0.0847. The number of hydrogen-bond donors (Lipinski definition) is 2. The van der Waals surface area contributed by atoms with E-state index in [1.807, 2.05) is 54.0 Å². The van der Waals surface area contributed by atoms with Crippen LogP contribution in [0.5, 0.6) is 0 Å². The Balaban J connectivity index is 2.34. The highest BCUT2D eigenvalue weighted by atomic mass is 16.4. The van der Waals surface area contributed by atoms with E-state index in [1.165, 1.54) is 0 Å². The Bertz CT molecular complexity index is 804. The van der Waals surface area contributed by atoms with Gasteiger partial charge in [0.25, 0.3) is 0 Å². The molecule has 100 valence electrons. The minimum absolute atomic E-state index is 0.0847. The van der Waals surface area contributed by atoms with Crippen molar-refractivity contribution in [2.24, 2.45) is 10.9 Å². The van der Waals surface area contributed by atoms with Crippen molar-refractivity contribution in [2.75, 3.05) is 0 Å². The van der Waals surface area contributed by atoms with Crippen LogP contribution in [0.3, 0.4) is 0 Å². The molecular formula is C15H14N4O. The van der Waals surface area contributed by atoms with Crippen LogP contribution in [0, 0.1) is 6.92 Å². The van der Waals surface area contributed by atoms with Crippen molar-refractivity contribution in [3.63, 3.8) is 0 Å². The molecule has 3 N–H and O–H groups in total. The summed E-state index contributed by atoms with van der Waals surface area (Å²) in [6.45, 7) is 1.98.